The van der Waals surface area contributed by atoms with E-state index in [9.17, 15) is 10.4 Å². The molecule has 0 spiro atoms. The van der Waals surface area contributed by atoms with Crippen molar-refractivity contribution in [2.75, 3.05) is 20.6 Å². The lowest BCUT2D eigenvalue weighted by Crippen LogP contribution is -2.51. The third-order valence-corrected chi connectivity index (χ3v) is 7.24. The first kappa shape index (κ1) is 22.4. The van der Waals surface area contributed by atoms with Crippen molar-refractivity contribution in [1.29, 1.82) is 5.26 Å². The van der Waals surface area contributed by atoms with Crippen molar-refractivity contribution in [3.63, 3.8) is 0 Å². The van der Waals surface area contributed by atoms with Crippen LogP contribution in [0.25, 0.3) is 4.85 Å². The fourth-order valence-corrected chi connectivity index (χ4v) is 6.02. The Labute approximate surface area is 203 Å². The molecule has 1 N–H and O–H groups in total. The number of hydrogen-bond donors (Lipinski definition) is 1. The predicted octanol–water partition coefficient (Wildman–Crippen LogP) is 4.35. The van der Waals surface area contributed by atoms with E-state index in [0.29, 0.717) is 34.1 Å². The SMILES string of the molecule is [C-]#[N+][C@@H]1[C@H](CN(C)C)[C@@H](c2ccccc2)[C@]2(c3ccc(C#N)cc3)Oc3cc(Cl)cnc3[C@]12O. The fraction of sp³-hybridized carbons (Fsp3) is 0.296. The second-order valence-corrected chi connectivity index (χ2v) is 9.62. The van der Waals surface area contributed by atoms with Gasteiger partial charge in [-0.15, -0.1) is 0 Å². The normalized spacial score (nSPS) is 29.1. The third-order valence-electron chi connectivity index (χ3n) is 7.03. The largest absolute Gasteiger partial charge is 0.476 e. The van der Waals surface area contributed by atoms with Crippen LogP contribution in [0.1, 0.15) is 28.3 Å². The molecule has 5 rings (SSSR count). The van der Waals surface area contributed by atoms with Crippen molar-refractivity contribution in [3.05, 3.63) is 106 Å². The van der Waals surface area contributed by atoms with Gasteiger partial charge in [0.15, 0.2) is 5.60 Å². The number of rotatable bonds is 4. The molecule has 1 saturated carbocycles. The summed E-state index contributed by atoms with van der Waals surface area (Å²) >= 11 is 6.25. The fourth-order valence-electron chi connectivity index (χ4n) is 5.88. The minimum Gasteiger partial charge on any atom is -0.476 e. The van der Waals surface area contributed by atoms with Gasteiger partial charge >= 0.3 is 0 Å². The summed E-state index contributed by atoms with van der Waals surface area (Å²) in [5, 5.41) is 22.4. The van der Waals surface area contributed by atoms with E-state index in [0.717, 1.165) is 5.56 Å². The van der Waals surface area contributed by atoms with E-state index in [-0.39, 0.29) is 11.8 Å². The number of nitrogens with zero attached hydrogens (tertiary/aromatic N) is 4. The Morgan fingerprint density at radius 1 is 1.21 bits per heavy atom. The van der Waals surface area contributed by atoms with Crippen molar-refractivity contribution in [3.8, 4) is 11.8 Å². The lowest BCUT2D eigenvalue weighted by Gasteiger charge is -2.39. The monoisotopic (exact) mass is 470 g/mol. The molecule has 170 valence electrons. The van der Waals surface area contributed by atoms with Gasteiger partial charge in [-0.2, -0.15) is 5.26 Å². The molecule has 0 bridgehead atoms. The lowest BCUT2D eigenvalue weighted by molar-refractivity contribution is -0.109. The maximum Gasteiger partial charge on any atom is 0.266 e. The first-order valence-corrected chi connectivity index (χ1v) is 11.4. The number of aliphatic hydroxyl groups is 1. The van der Waals surface area contributed by atoms with E-state index in [1.165, 1.54) is 6.20 Å². The number of benzene rings is 2. The van der Waals surface area contributed by atoms with E-state index >= 15 is 0 Å². The number of fused-ring (bicyclic) bond motifs is 3. The quantitative estimate of drug-likeness (QED) is 0.574. The zero-order valence-electron chi connectivity index (χ0n) is 18.8. The molecule has 2 aliphatic rings. The zero-order chi connectivity index (χ0) is 24.1. The van der Waals surface area contributed by atoms with Crippen LogP contribution in [0.3, 0.4) is 0 Å². The number of hydrogen-bond acceptors (Lipinski definition) is 5. The molecular weight excluding hydrogens is 448 g/mol. The number of nitriles is 1. The highest BCUT2D eigenvalue weighted by atomic mass is 35.5. The summed E-state index contributed by atoms with van der Waals surface area (Å²) in [6.45, 7) is 8.76. The standard InChI is InChI=1S/C27H23ClN4O2/c1-30-24-21(16-32(2)3)23(18-7-5-4-6-8-18)27(19-11-9-17(14-29)10-12-19)26(24,33)25-22(34-27)13-20(28)15-31-25/h4-13,15,21,23-24,33H,16H2,2-3H3/t21-,23-,24-,26-,27+/m1/s1. The molecule has 1 aromatic heterocycles. The van der Waals surface area contributed by atoms with Crippen LogP contribution in [0.2, 0.25) is 5.02 Å². The summed E-state index contributed by atoms with van der Waals surface area (Å²) in [6, 6.07) is 19.9. The van der Waals surface area contributed by atoms with E-state index in [1.54, 1.807) is 18.2 Å². The van der Waals surface area contributed by atoms with Crippen molar-refractivity contribution >= 4 is 11.6 Å². The first-order valence-electron chi connectivity index (χ1n) is 11.0. The van der Waals surface area contributed by atoms with Crippen LogP contribution >= 0.6 is 11.6 Å². The molecule has 0 saturated heterocycles. The van der Waals surface area contributed by atoms with Gasteiger partial charge in [0, 0.05) is 24.7 Å². The molecule has 0 amide bonds. The molecule has 0 unspecified atom stereocenters. The maximum atomic E-state index is 12.7. The van der Waals surface area contributed by atoms with Crippen molar-refractivity contribution in [2.24, 2.45) is 5.92 Å². The molecule has 2 aromatic carbocycles. The third kappa shape index (κ3) is 2.97. The van der Waals surface area contributed by atoms with Gasteiger partial charge in [-0.05, 0) is 37.4 Å². The van der Waals surface area contributed by atoms with Crippen LogP contribution in [0.15, 0.2) is 66.9 Å². The minimum absolute atomic E-state index is 0.263. The number of ether oxygens (including phenoxy) is 1. The Hall–Kier alpha value is -3.42. The Kier molecular flexibility index (Phi) is 5.34. The van der Waals surface area contributed by atoms with Crippen molar-refractivity contribution in [2.45, 2.75) is 23.2 Å². The van der Waals surface area contributed by atoms with Crippen LogP contribution in [0.5, 0.6) is 5.75 Å². The van der Waals surface area contributed by atoms with Crippen molar-refractivity contribution < 1.29 is 9.84 Å². The zero-order valence-corrected chi connectivity index (χ0v) is 19.6. The molecule has 1 aliphatic heterocycles. The summed E-state index contributed by atoms with van der Waals surface area (Å²) in [7, 11) is 3.92. The molecule has 1 fully saturated rings. The molecule has 1 aliphatic carbocycles. The van der Waals surface area contributed by atoms with Gasteiger partial charge in [-0.1, -0.05) is 54.1 Å². The number of aromatic nitrogens is 1. The second kappa shape index (κ2) is 8.11. The number of halogens is 1. The van der Waals surface area contributed by atoms with Crippen LogP contribution in [0, 0.1) is 23.8 Å². The summed E-state index contributed by atoms with van der Waals surface area (Å²) in [6.07, 6.45) is 1.48. The van der Waals surface area contributed by atoms with Gasteiger partial charge in [0.1, 0.15) is 11.4 Å². The Balaban J connectivity index is 1.86. The van der Waals surface area contributed by atoms with Gasteiger partial charge in [0.05, 0.1) is 22.6 Å². The van der Waals surface area contributed by atoms with Crippen LogP contribution in [-0.4, -0.2) is 41.7 Å². The summed E-state index contributed by atoms with van der Waals surface area (Å²) in [5.41, 5.74) is -0.595. The second-order valence-electron chi connectivity index (χ2n) is 9.18. The Morgan fingerprint density at radius 2 is 1.91 bits per heavy atom. The minimum atomic E-state index is -1.73. The van der Waals surface area contributed by atoms with Gasteiger partial charge in [-0.3, -0.25) is 4.98 Å². The van der Waals surface area contributed by atoms with E-state index in [2.05, 4.69) is 15.9 Å². The summed E-state index contributed by atoms with van der Waals surface area (Å²) in [4.78, 5) is 10.5. The highest BCUT2D eigenvalue weighted by Crippen LogP contribution is 2.68. The summed E-state index contributed by atoms with van der Waals surface area (Å²) in [5.74, 6) is -0.264. The van der Waals surface area contributed by atoms with Crippen molar-refractivity contribution in [1.82, 2.24) is 9.88 Å². The molecule has 3 aromatic rings. The highest BCUT2D eigenvalue weighted by Gasteiger charge is 2.80. The molecule has 2 heterocycles. The van der Waals surface area contributed by atoms with Gasteiger partial charge in [0.25, 0.3) is 6.04 Å². The van der Waals surface area contributed by atoms with E-state index in [4.69, 9.17) is 22.9 Å². The topological polar surface area (TPSA) is 73.7 Å². The Morgan fingerprint density at radius 3 is 2.53 bits per heavy atom. The first-order chi connectivity index (χ1) is 16.4. The molecular formula is C27H23ClN4O2. The van der Waals surface area contributed by atoms with Crippen LogP contribution < -0.4 is 4.74 Å². The summed E-state index contributed by atoms with van der Waals surface area (Å²) < 4.78 is 6.73. The maximum absolute atomic E-state index is 12.7. The van der Waals surface area contributed by atoms with E-state index in [1.807, 2.05) is 61.5 Å². The molecule has 7 heteroatoms. The molecule has 0 radical (unpaired) electrons. The average Bonchev–Trinajstić information content (AvgIpc) is 3.20. The van der Waals surface area contributed by atoms with Crippen LogP contribution in [-0.2, 0) is 11.2 Å². The van der Waals surface area contributed by atoms with Gasteiger partial charge in [-0.25, -0.2) is 6.57 Å². The van der Waals surface area contributed by atoms with Gasteiger partial charge < -0.3 is 19.6 Å². The van der Waals surface area contributed by atoms with Crippen LogP contribution in [0.4, 0.5) is 0 Å². The number of pyridine rings is 1. The molecule has 5 atom stereocenters. The smallest absolute Gasteiger partial charge is 0.266 e. The predicted molar refractivity (Wildman–Crippen MR) is 128 cm³/mol. The molecule has 6 nitrogen and oxygen atoms in total. The van der Waals surface area contributed by atoms with Gasteiger partial charge in [0.2, 0.25) is 5.60 Å². The Bertz CT molecular complexity index is 1320. The van der Waals surface area contributed by atoms with E-state index < -0.39 is 17.2 Å². The highest BCUT2D eigenvalue weighted by molar-refractivity contribution is 6.30. The average molecular weight is 471 g/mol. The lowest BCUT2D eigenvalue weighted by atomic mass is 9.71. The molecule has 34 heavy (non-hydrogen) atoms.